The largest absolute Gasteiger partial charge is 0.381 e. The van der Waals surface area contributed by atoms with Crippen LogP contribution in [0.25, 0.3) is 0 Å². The molecule has 2 atom stereocenters. The molecule has 0 amide bonds. The number of hydrogen-bond acceptors (Lipinski definition) is 3. The molecule has 1 aliphatic heterocycles. The first-order chi connectivity index (χ1) is 7.29. The van der Waals surface area contributed by atoms with Gasteiger partial charge in [0.1, 0.15) is 10.7 Å². The van der Waals surface area contributed by atoms with E-state index in [0.29, 0.717) is 6.10 Å². The monoisotopic (exact) mass is 271 g/mol. The Kier molecular flexibility index (Phi) is 3.72. The Hall–Kier alpha value is -0.450. The third kappa shape index (κ3) is 2.77. The van der Waals surface area contributed by atoms with Gasteiger partial charge in [0.15, 0.2) is 0 Å². The average molecular weight is 272 g/mol. The van der Waals surface area contributed by atoms with E-state index in [1.54, 1.807) is 7.11 Å². The molecule has 0 radical (unpaired) electrons. The maximum Gasteiger partial charge on any atom is 0.106 e. The highest BCUT2D eigenvalue weighted by atomic mass is 79.9. The highest BCUT2D eigenvalue weighted by Gasteiger charge is 2.24. The minimum atomic E-state index is 0.0706. The first kappa shape index (κ1) is 11.0. The fraction of sp³-hybridized carbons (Fsp3) is 0.545. The van der Waals surface area contributed by atoms with Gasteiger partial charge in [-0.25, -0.2) is 4.98 Å². The van der Waals surface area contributed by atoms with Crippen molar-refractivity contribution in [1.82, 2.24) is 4.98 Å². The second-order valence-corrected chi connectivity index (χ2v) is 4.44. The highest BCUT2D eigenvalue weighted by Crippen LogP contribution is 2.28. The SMILES string of the molecule is COC1CCOC(c2cccc(Br)n2)C1. The smallest absolute Gasteiger partial charge is 0.106 e. The molecule has 2 unspecified atom stereocenters. The second kappa shape index (κ2) is 5.05. The van der Waals surface area contributed by atoms with Crippen LogP contribution in [0.3, 0.4) is 0 Å². The second-order valence-electron chi connectivity index (χ2n) is 3.63. The van der Waals surface area contributed by atoms with Gasteiger partial charge < -0.3 is 9.47 Å². The summed E-state index contributed by atoms with van der Waals surface area (Å²) in [6, 6.07) is 5.89. The van der Waals surface area contributed by atoms with Crippen LogP contribution in [0.2, 0.25) is 0 Å². The molecule has 2 rings (SSSR count). The number of pyridine rings is 1. The van der Waals surface area contributed by atoms with Crippen LogP contribution in [0.15, 0.2) is 22.8 Å². The van der Waals surface area contributed by atoms with Crippen LogP contribution >= 0.6 is 15.9 Å². The van der Waals surface area contributed by atoms with E-state index < -0.39 is 0 Å². The molecule has 1 fully saturated rings. The van der Waals surface area contributed by atoms with E-state index >= 15 is 0 Å². The number of ether oxygens (including phenoxy) is 2. The van der Waals surface area contributed by atoms with Gasteiger partial charge in [0, 0.05) is 20.1 Å². The van der Waals surface area contributed by atoms with Gasteiger partial charge in [-0.1, -0.05) is 6.07 Å². The van der Waals surface area contributed by atoms with Gasteiger partial charge in [-0.2, -0.15) is 0 Å². The first-order valence-corrected chi connectivity index (χ1v) is 5.85. The zero-order chi connectivity index (χ0) is 10.7. The molecule has 0 N–H and O–H groups in total. The van der Waals surface area contributed by atoms with Gasteiger partial charge in [-0.05, 0) is 34.5 Å². The van der Waals surface area contributed by atoms with E-state index in [4.69, 9.17) is 9.47 Å². The van der Waals surface area contributed by atoms with Crippen LogP contribution in [-0.4, -0.2) is 24.8 Å². The van der Waals surface area contributed by atoms with Crippen molar-refractivity contribution >= 4 is 15.9 Å². The van der Waals surface area contributed by atoms with Crippen molar-refractivity contribution in [3.05, 3.63) is 28.5 Å². The lowest BCUT2D eigenvalue weighted by molar-refractivity contribution is -0.0615. The van der Waals surface area contributed by atoms with Crippen LogP contribution < -0.4 is 0 Å². The van der Waals surface area contributed by atoms with Crippen molar-refractivity contribution in [3.63, 3.8) is 0 Å². The molecule has 1 aromatic rings. The zero-order valence-electron chi connectivity index (χ0n) is 8.65. The predicted molar refractivity (Wildman–Crippen MR) is 60.7 cm³/mol. The lowest BCUT2D eigenvalue weighted by Gasteiger charge is -2.28. The molecular formula is C11H14BrNO2. The third-order valence-corrected chi connectivity index (χ3v) is 3.08. The summed E-state index contributed by atoms with van der Waals surface area (Å²) >= 11 is 3.36. The van der Waals surface area contributed by atoms with Crippen LogP contribution in [0.5, 0.6) is 0 Å². The van der Waals surface area contributed by atoms with Crippen molar-refractivity contribution in [2.45, 2.75) is 25.0 Å². The zero-order valence-corrected chi connectivity index (χ0v) is 10.2. The summed E-state index contributed by atoms with van der Waals surface area (Å²) < 4.78 is 11.9. The fourth-order valence-electron chi connectivity index (χ4n) is 1.79. The predicted octanol–water partition coefficient (Wildman–Crippen LogP) is 2.71. The van der Waals surface area contributed by atoms with Gasteiger partial charge in [-0.15, -0.1) is 0 Å². The summed E-state index contributed by atoms with van der Waals surface area (Å²) in [5.74, 6) is 0. The Morgan fingerprint density at radius 3 is 3.13 bits per heavy atom. The molecule has 0 saturated carbocycles. The standard InChI is InChI=1S/C11H14BrNO2/c1-14-8-5-6-15-10(7-8)9-3-2-4-11(12)13-9/h2-4,8,10H,5-7H2,1H3. The molecule has 4 heteroatoms. The number of nitrogens with zero attached hydrogens (tertiary/aromatic N) is 1. The molecule has 82 valence electrons. The van der Waals surface area contributed by atoms with Gasteiger partial charge in [0.25, 0.3) is 0 Å². The van der Waals surface area contributed by atoms with E-state index in [2.05, 4.69) is 20.9 Å². The van der Waals surface area contributed by atoms with E-state index in [1.807, 2.05) is 18.2 Å². The van der Waals surface area contributed by atoms with Crippen molar-refractivity contribution in [1.29, 1.82) is 0 Å². The molecule has 0 bridgehead atoms. The average Bonchev–Trinajstić information content (AvgIpc) is 2.29. The molecule has 3 nitrogen and oxygen atoms in total. The summed E-state index contributed by atoms with van der Waals surface area (Å²) in [5, 5.41) is 0. The molecule has 15 heavy (non-hydrogen) atoms. The van der Waals surface area contributed by atoms with Crippen molar-refractivity contribution in [2.75, 3.05) is 13.7 Å². The quantitative estimate of drug-likeness (QED) is 0.776. The molecule has 0 aliphatic carbocycles. The van der Waals surface area contributed by atoms with Crippen LogP contribution in [0.4, 0.5) is 0 Å². The molecule has 1 saturated heterocycles. The minimum Gasteiger partial charge on any atom is -0.381 e. The number of methoxy groups -OCH3 is 1. The normalized spacial score (nSPS) is 26.5. The topological polar surface area (TPSA) is 31.4 Å². The van der Waals surface area contributed by atoms with Gasteiger partial charge in [0.2, 0.25) is 0 Å². The van der Waals surface area contributed by atoms with Crippen molar-refractivity contribution in [3.8, 4) is 0 Å². The first-order valence-electron chi connectivity index (χ1n) is 5.06. The van der Waals surface area contributed by atoms with E-state index in [-0.39, 0.29) is 6.10 Å². The molecule has 0 spiro atoms. The van der Waals surface area contributed by atoms with Gasteiger partial charge >= 0.3 is 0 Å². The van der Waals surface area contributed by atoms with Crippen LogP contribution in [-0.2, 0) is 9.47 Å². The summed E-state index contributed by atoms with van der Waals surface area (Å²) in [4.78, 5) is 4.40. The maximum absolute atomic E-state index is 5.69. The summed E-state index contributed by atoms with van der Waals surface area (Å²) in [7, 11) is 1.75. The number of halogens is 1. The summed E-state index contributed by atoms with van der Waals surface area (Å²) in [6.07, 6.45) is 2.23. The van der Waals surface area contributed by atoms with E-state index in [9.17, 15) is 0 Å². The molecule has 1 aromatic heterocycles. The minimum absolute atomic E-state index is 0.0706. The highest BCUT2D eigenvalue weighted by molar-refractivity contribution is 9.10. The molecule has 2 heterocycles. The lowest BCUT2D eigenvalue weighted by Crippen LogP contribution is -2.25. The Morgan fingerprint density at radius 1 is 1.53 bits per heavy atom. The maximum atomic E-state index is 5.69. The Balaban J connectivity index is 2.09. The Bertz CT molecular complexity index is 332. The van der Waals surface area contributed by atoms with Crippen LogP contribution in [0.1, 0.15) is 24.6 Å². The van der Waals surface area contributed by atoms with Crippen molar-refractivity contribution < 1.29 is 9.47 Å². The van der Waals surface area contributed by atoms with Crippen LogP contribution in [0, 0.1) is 0 Å². The molecule has 0 aromatic carbocycles. The Labute approximate surface area is 97.9 Å². The fourth-order valence-corrected chi connectivity index (χ4v) is 2.15. The number of rotatable bonds is 2. The number of hydrogen-bond donors (Lipinski definition) is 0. The summed E-state index contributed by atoms with van der Waals surface area (Å²) in [5.41, 5.74) is 0.978. The van der Waals surface area contributed by atoms with Gasteiger partial charge in [-0.3, -0.25) is 0 Å². The molecular weight excluding hydrogens is 258 g/mol. The van der Waals surface area contributed by atoms with Crippen molar-refractivity contribution in [2.24, 2.45) is 0 Å². The number of aromatic nitrogens is 1. The lowest BCUT2D eigenvalue weighted by atomic mass is 10.0. The van der Waals surface area contributed by atoms with E-state index in [1.165, 1.54) is 0 Å². The molecule has 1 aliphatic rings. The van der Waals surface area contributed by atoms with Gasteiger partial charge in [0.05, 0.1) is 11.8 Å². The third-order valence-electron chi connectivity index (χ3n) is 2.64. The van der Waals surface area contributed by atoms with E-state index in [0.717, 1.165) is 29.7 Å². The Morgan fingerprint density at radius 2 is 2.40 bits per heavy atom. The summed E-state index contributed by atoms with van der Waals surface area (Å²) in [6.45, 7) is 0.747.